The monoisotopic (exact) mass is 236 g/mol. The van der Waals surface area contributed by atoms with Gasteiger partial charge < -0.3 is 0 Å². The normalized spacial score (nSPS) is 13.0. The first-order chi connectivity index (χ1) is 6.38. The molecule has 0 saturated carbocycles. The molecule has 0 saturated heterocycles. The van der Waals surface area contributed by atoms with Crippen molar-refractivity contribution in [3.63, 3.8) is 0 Å². The molecule has 0 aromatic heterocycles. The van der Waals surface area contributed by atoms with Crippen molar-refractivity contribution >= 4 is 15.9 Å². The molecule has 1 atom stereocenters. The predicted molar refractivity (Wildman–Crippen MR) is 62.1 cm³/mol. The summed E-state index contributed by atoms with van der Waals surface area (Å²) in [6.45, 7) is 3.76. The van der Waals surface area contributed by atoms with Crippen molar-refractivity contribution in [2.24, 2.45) is 0 Å². The van der Waals surface area contributed by atoms with Crippen LogP contribution in [0, 0.1) is 0 Å². The van der Waals surface area contributed by atoms with Crippen LogP contribution in [0.5, 0.6) is 0 Å². The number of hydrogen-bond acceptors (Lipinski definition) is 0. The van der Waals surface area contributed by atoms with Gasteiger partial charge in [0.2, 0.25) is 0 Å². The molecular weight excluding hydrogens is 224 g/mol. The second kappa shape index (κ2) is 5.76. The maximum atomic E-state index is 3.76. The lowest BCUT2D eigenvalue weighted by Crippen LogP contribution is -1.92. The standard InChI is InChI=1S/C12H13Br/c1-2-6-11(9-10-13)12-7-4-3-5-8-12/h2-5,7-11H,1,6H2/b10-9+. The fourth-order valence-corrected chi connectivity index (χ4v) is 1.66. The molecule has 1 aromatic rings. The first-order valence-electron chi connectivity index (χ1n) is 4.31. The van der Waals surface area contributed by atoms with Crippen LogP contribution in [0.2, 0.25) is 0 Å². The van der Waals surface area contributed by atoms with Crippen LogP contribution in [0.4, 0.5) is 0 Å². The Hall–Kier alpha value is -0.820. The topological polar surface area (TPSA) is 0 Å². The molecule has 68 valence electrons. The minimum absolute atomic E-state index is 0.443. The average Bonchev–Trinajstić information content (AvgIpc) is 2.19. The van der Waals surface area contributed by atoms with E-state index in [-0.39, 0.29) is 0 Å². The van der Waals surface area contributed by atoms with Crippen LogP contribution in [0.3, 0.4) is 0 Å². The fraction of sp³-hybridized carbons (Fsp3) is 0.167. The van der Waals surface area contributed by atoms with E-state index >= 15 is 0 Å². The summed E-state index contributed by atoms with van der Waals surface area (Å²) in [4.78, 5) is 1.91. The second-order valence-electron chi connectivity index (χ2n) is 2.86. The largest absolute Gasteiger partial charge is 0.103 e. The van der Waals surface area contributed by atoms with Crippen molar-refractivity contribution in [1.29, 1.82) is 0 Å². The van der Waals surface area contributed by atoms with Gasteiger partial charge in [-0.3, -0.25) is 0 Å². The molecule has 1 heteroatoms. The number of rotatable bonds is 4. The van der Waals surface area contributed by atoms with Crippen LogP contribution in [-0.4, -0.2) is 0 Å². The van der Waals surface area contributed by atoms with Crippen molar-refractivity contribution in [3.8, 4) is 0 Å². The summed E-state index contributed by atoms with van der Waals surface area (Å²) in [5.74, 6) is 0.443. The van der Waals surface area contributed by atoms with E-state index in [1.54, 1.807) is 0 Å². The van der Waals surface area contributed by atoms with Crippen molar-refractivity contribution in [1.82, 2.24) is 0 Å². The van der Waals surface area contributed by atoms with E-state index in [0.717, 1.165) is 6.42 Å². The summed E-state index contributed by atoms with van der Waals surface area (Å²) in [5.41, 5.74) is 1.33. The molecule has 0 amide bonds. The van der Waals surface area contributed by atoms with Crippen LogP contribution in [0.25, 0.3) is 0 Å². The maximum absolute atomic E-state index is 3.76. The van der Waals surface area contributed by atoms with Gasteiger partial charge in [-0.2, -0.15) is 0 Å². The van der Waals surface area contributed by atoms with E-state index in [0.29, 0.717) is 5.92 Å². The van der Waals surface area contributed by atoms with Crippen LogP contribution in [0.1, 0.15) is 17.9 Å². The highest BCUT2D eigenvalue weighted by molar-refractivity contribution is 9.11. The quantitative estimate of drug-likeness (QED) is 0.686. The zero-order valence-electron chi connectivity index (χ0n) is 7.49. The van der Waals surface area contributed by atoms with E-state index in [1.807, 2.05) is 17.1 Å². The van der Waals surface area contributed by atoms with Crippen LogP contribution in [0.15, 0.2) is 54.0 Å². The Kier molecular flexibility index (Phi) is 4.55. The van der Waals surface area contributed by atoms with Crippen LogP contribution >= 0.6 is 15.9 Å². The first kappa shape index (κ1) is 10.3. The molecule has 0 spiro atoms. The highest BCUT2D eigenvalue weighted by atomic mass is 79.9. The Labute approximate surface area is 88.1 Å². The van der Waals surface area contributed by atoms with Crippen molar-refractivity contribution in [2.45, 2.75) is 12.3 Å². The molecule has 0 aliphatic heterocycles. The second-order valence-corrected chi connectivity index (χ2v) is 3.39. The van der Waals surface area contributed by atoms with E-state index in [4.69, 9.17) is 0 Å². The summed E-state index contributed by atoms with van der Waals surface area (Å²) in [6, 6.07) is 10.4. The van der Waals surface area contributed by atoms with Gasteiger partial charge >= 0.3 is 0 Å². The fourth-order valence-electron chi connectivity index (χ4n) is 1.29. The molecule has 0 N–H and O–H groups in total. The highest BCUT2D eigenvalue weighted by Gasteiger charge is 2.03. The minimum Gasteiger partial charge on any atom is -0.103 e. The van der Waals surface area contributed by atoms with Gasteiger partial charge in [0.15, 0.2) is 0 Å². The van der Waals surface area contributed by atoms with Gasteiger partial charge in [0.1, 0.15) is 0 Å². The Bertz CT molecular complexity index is 274. The van der Waals surface area contributed by atoms with Gasteiger partial charge in [0, 0.05) is 5.92 Å². The van der Waals surface area contributed by atoms with Crippen LogP contribution in [-0.2, 0) is 0 Å². The summed E-state index contributed by atoms with van der Waals surface area (Å²) < 4.78 is 0. The molecule has 0 aliphatic rings. The molecule has 1 rings (SSSR count). The van der Waals surface area contributed by atoms with Crippen molar-refractivity contribution in [2.75, 3.05) is 0 Å². The van der Waals surface area contributed by atoms with E-state index in [1.165, 1.54) is 5.56 Å². The summed E-state index contributed by atoms with van der Waals surface area (Å²) in [6.07, 6.45) is 5.06. The Balaban J connectivity index is 2.81. The molecule has 0 radical (unpaired) electrons. The third-order valence-electron chi connectivity index (χ3n) is 1.95. The Morgan fingerprint density at radius 3 is 2.54 bits per heavy atom. The molecule has 1 unspecified atom stereocenters. The van der Waals surface area contributed by atoms with Gasteiger partial charge in [0.25, 0.3) is 0 Å². The lowest BCUT2D eigenvalue weighted by molar-refractivity contribution is 0.867. The van der Waals surface area contributed by atoms with E-state index in [2.05, 4.69) is 52.9 Å². The Morgan fingerprint density at radius 1 is 1.31 bits per heavy atom. The maximum Gasteiger partial charge on any atom is 0.00606 e. The number of hydrogen-bond donors (Lipinski definition) is 0. The number of allylic oxidation sites excluding steroid dienone is 2. The van der Waals surface area contributed by atoms with Gasteiger partial charge in [-0.1, -0.05) is 58.4 Å². The van der Waals surface area contributed by atoms with Gasteiger partial charge in [-0.15, -0.1) is 6.58 Å². The van der Waals surface area contributed by atoms with Crippen LogP contribution < -0.4 is 0 Å². The zero-order chi connectivity index (χ0) is 9.52. The van der Waals surface area contributed by atoms with Gasteiger partial charge in [-0.05, 0) is 17.0 Å². The van der Waals surface area contributed by atoms with Gasteiger partial charge in [-0.25, -0.2) is 0 Å². The van der Waals surface area contributed by atoms with Crippen molar-refractivity contribution < 1.29 is 0 Å². The third-order valence-corrected chi connectivity index (χ3v) is 2.26. The third kappa shape index (κ3) is 3.19. The summed E-state index contributed by atoms with van der Waals surface area (Å²) in [7, 11) is 0. The zero-order valence-corrected chi connectivity index (χ0v) is 9.07. The van der Waals surface area contributed by atoms with E-state index < -0.39 is 0 Å². The minimum atomic E-state index is 0.443. The number of halogens is 1. The first-order valence-corrected chi connectivity index (χ1v) is 5.22. The molecule has 0 aliphatic carbocycles. The summed E-state index contributed by atoms with van der Waals surface area (Å²) >= 11 is 3.30. The molecule has 1 aromatic carbocycles. The van der Waals surface area contributed by atoms with Crippen molar-refractivity contribution in [3.05, 3.63) is 59.6 Å². The lowest BCUT2D eigenvalue weighted by atomic mass is 9.96. The van der Waals surface area contributed by atoms with E-state index in [9.17, 15) is 0 Å². The molecule has 0 fully saturated rings. The smallest absolute Gasteiger partial charge is 0.00606 e. The number of benzene rings is 1. The van der Waals surface area contributed by atoms with Gasteiger partial charge in [0.05, 0.1) is 0 Å². The lowest BCUT2D eigenvalue weighted by Gasteiger charge is -2.09. The average molecular weight is 237 g/mol. The molecule has 0 nitrogen and oxygen atoms in total. The highest BCUT2D eigenvalue weighted by Crippen LogP contribution is 2.21. The Morgan fingerprint density at radius 2 is 2.00 bits per heavy atom. The molecule has 0 bridgehead atoms. The molecular formula is C12H13Br. The summed E-state index contributed by atoms with van der Waals surface area (Å²) in [5, 5.41) is 0. The predicted octanol–water partition coefficient (Wildman–Crippen LogP) is 4.25. The molecule has 13 heavy (non-hydrogen) atoms. The molecule has 0 heterocycles. The SMILES string of the molecule is C=CCC(/C=C/Br)c1ccccc1.